The van der Waals surface area contributed by atoms with E-state index < -0.39 is 0 Å². The van der Waals surface area contributed by atoms with Gasteiger partial charge in [0.25, 0.3) is 11.9 Å². The number of nitrogens with one attached hydrogen (secondary N) is 3. The number of anilines is 2. The summed E-state index contributed by atoms with van der Waals surface area (Å²) in [7, 11) is 0. The van der Waals surface area contributed by atoms with Gasteiger partial charge in [0.2, 0.25) is 11.9 Å². The van der Waals surface area contributed by atoms with Crippen LogP contribution in [0.15, 0.2) is 24.3 Å². The van der Waals surface area contributed by atoms with Crippen LogP contribution in [0, 0.1) is 0 Å². The summed E-state index contributed by atoms with van der Waals surface area (Å²) < 4.78 is 1.53. The minimum Gasteiger partial charge on any atom is -0.480 e. The van der Waals surface area contributed by atoms with E-state index in [2.05, 4.69) is 37.8 Å². The highest BCUT2D eigenvalue weighted by molar-refractivity contribution is 5.96. The first kappa shape index (κ1) is 24.7. The number of benzene rings is 1. The number of hydrogen-bond donors (Lipinski definition) is 6. The maximum Gasteiger partial charge on any atom is 0.296 e. The fourth-order valence-corrected chi connectivity index (χ4v) is 3.21. The summed E-state index contributed by atoms with van der Waals surface area (Å²) in [6, 6.07) is 6.57. The molecule has 0 radical (unpaired) electrons. The number of nitrogen functional groups attached to an aromatic ring is 1. The number of imidazole rings is 1. The normalized spacial score (nSPS) is 10.9. The van der Waals surface area contributed by atoms with Crippen LogP contribution in [-0.4, -0.2) is 62.6 Å². The van der Waals surface area contributed by atoms with Gasteiger partial charge in [-0.25, -0.2) is 0 Å². The molecule has 0 fully saturated rings. The average molecular weight is 470 g/mol. The second-order valence-electron chi connectivity index (χ2n) is 7.75. The zero-order valence-electron chi connectivity index (χ0n) is 19.2. The van der Waals surface area contributed by atoms with E-state index >= 15 is 0 Å². The van der Waals surface area contributed by atoms with Crippen molar-refractivity contribution in [2.75, 3.05) is 37.2 Å². The summed E-state index contributed by atoms with van der Waals surface area (Å²) in [5.41, 5.74) is 13.3. The summed E-state index contributed by atoms with van der Waals surface area (Å²) in [4.78, 5) is 36.8. The van der Waals surface area contributed by atoms with E-state index in [1.807, 2.05) is 0 Å². The standard InChI is InChI=1S/C22H31N9O3/c1-2-3-10-26-21-29-18(24)17-19(30-21)31(22(34)28-17)13-14-5-7-15(8-6-14)20(33)27-12-16(32)25-11-4-9-23/h5-8H,2-4,9-13,23H2,1H3,(H,25,32)(H,27,33)(H,28,34)(H3,24,26,29,30). The number of nitrogens with two attached hydrogens (primary N) is 2. The molecule has 182 valence electrons. The number of rotatable bonds is 12. The number of hydrogen-bond acceptors (Lipinski definition) is 9. The molecule has 1 aromatic carbocycles. The smallest absolute Gasteiger partial charge is 0.296 e. The monoisotopic (exact) mass is 469 g/mol. The molecule has 0 aliphatic rings. The molecule has 0 saturated heterocycles. The molecule has 2 heterocycles. The van der Waals surface area contributed by atoms with Gasteiger partial charge >= 0.3 is 0 Å². The van der Waals surface area contributed by atoms with E-state index in [4.69, 9.17) is 11.5 Å². The van der Waals surface area contributed by atoms with E-state index in [0.717, 1.165) is 18.4 Å². The van der Waals surface area contributed by atoms with Crippen molar-refractivity contribution < 1.29 is 14.7 Å². The van der Waals surface area contributed by atoms with Crippen LogP contribution in [0.3, 0.4) is 0 Å². The van der Waals surface area contributed by atoms with Crippen molar-refractivity contribution >= 4 is 34.7 Å². The Morgan fingerprint density at radius 1 is 1.06 bits per heavy atom. The van der Waals surface area contributed by atoms with Crippen LogP contribution < -0.4 is 27.4 Å². The van der Waals surface area contributed by atoms with Gasteiger partial charge in [0.05, 0.1) is 13.1 Å². The molecule has 0 aliphatic carbocycles. The van der Waals surface area contributed by atoms with Crippen molar-refractivity contribution in [3.8, 4) is 6.01 Å². The fourth-order valence-electron chi connectivity index (χ4n) is 3.21. The van der Waals surface area contributed by atoms with Crippen LogP contribution >= 0.6 is 0 Å². The van der Waals surface area contributed by atoms with Crippen molar-refractivity contribution in [3.63, 3.8) is 0 Å². The van der Waals surface area contributed by atoms with E-state index in [1.165, 1.54) is 4.57 Å². The van der Waals surface area contributed by atoms with E-state index in [0.29, 0.717) is 48.7 Å². The van der Waals surface area contributed by atoms with Gasteiger partial charge in [0.15, 0.2) is 17.0 Å². The van der Waals surface area contributed by atoms with Gasteiger partial charge in [0.1, 0.15) is 0 Å². The Bertz CT molecular complexity index is 1130. The van der Waals surface area contributed by atoms with Gasteiger partial charge in [-0.15, -0.1) is 0 Å². The van der Waals surface area contributed by atoms with E-state index in [-0.39, 0.29) is 36.7 Å². The SMILES string of the molecule is CCCCNc1nc(N)c2nc(O)n(Cc3ccc(C(=O)NCC(=O)NCCCN)cc3)c2n1. The largest absolute Gasteiger partial charge is 0.480 e. The molecule has 0 unspecified atom stereocenters. The van der Waals surface area contributed by atoms with Crippen LogP contribution in [0.2, 0.25) is 0 Å². The summed E-state index contributed by atoms with van der Waals surface area (Å²) in [6.07, 6.45) is 2.67. The Hall–Kier alpha value is -3.93. The molecule has 0 atom stereocenters. The number of unbranched alkanes of at least 4 members (excludes halogenated alkanes) is 1. The third kappa shape index (κ3) is 6.32. The molecular formula is C22H31N9O3. The van der Waals surface area contributed by atoms with Gasteiger partial charge in [-0.1, -0.05) is 25.5 Å². The second-order valence-corrected chi connectivity index (χ2v) is 7.75. The number of carbonyl (C=O) groups excluding carboxylic acids is 2. The maximum absolute atomic E-state index is 12.3. The van der Waals surface area contributed by atoms with Crippen molar-refractivity contribution in [3.05, 3.63) is 35.4 Å². The lowest BCUT2D eigenvalue weighted by Gasteiger charge is -2.09. The molecule has 0 saturated carbocycles. The van der Waals surface area contributed by atoms with Gasteiger partial charge in [-0.3, -0.25) is 14.2 Å². The van der Waals surface area contributed by atoms with Gasteiger partial charge < -0.3 is 32.5 Å². The lowest BCUT2D eigenvalue weighted by molar-refractivity contribution is -0.120. The molecule has 2 amide bonds. The second kappa shape index (κ2) is 11.8. The van der Waals surface area contributed by atoms with Gasteiger partial charge in [0, 0.05) is 18.7 Å². The Morgan fingerprint density at radius 2 is 1.82 bits per heavy atom. The first-order chi connectivity index (χ1) is 16.4. The van der Waals surface area contributed by atoms with Crippen LogP contribution in [0.1, 0.15) is 42.1 Å². The molecule has 34 heavy (non-hydrogen) atoms. The van der Waals surface area contributed by atoms with Crippen molar-refractivity contribution in [1.82, 2.24) is 30.2 Å². The molecule has 0 bridgehead atoms. The zero-order valence-corrected chi connectivity index (χ0v) is 19.2. The Balaban J connectivity index is 1.67. The molecule has 3 rings (SSSR count). The molecule has 2 aromatic heterocycles. The number of amides is 2. The predicted octanol–water partition coefficient (Wildman–Crippen LogP) is 0.569. The highest BCUT2D eigenvalue weighted by Crippen LogP contribution is 2.25. The molecule has 3 aromatic rings. The van der Waals surface area contributed by atoms with Gasteiger partial charge in [-0.05, 0) is 37.1 Å². The van der Waals surface area contributed by atoms with Crippen LogP contribution in [0.4, 0.5) is 11.8 Å². The van der Waals surface area contributed by atoms with E-state index in [1.54, 1.807) is 24.3 Å². The molecule has 8 N–H and O–H groups in total. The van der Waals surface area contributed by atoms with E-state index in [9.17, 15) is 14.7 Å². The lowest BCUT2D eigenvalue weighted by Crippen LogP contribution is -2.37. The summed E-state index contributed by atoms with van der Waals surface area (Å²) >= 11 is 0. The molecule has 0 spiro atoms. The van der Waals surface area contributed by atoms with Crippen LogP contribution in [-0.2, 0) is 11.3 Å². The predicted molar refractivity (Wildman–Crippen MR) is 129 cm³/mol. The summed E-state index contributed by atoms with van der Waals surface area (Å²) in [5.74, 6) is -0.0822. The average Bonchev–Trinajstić information content (AvgIpc) is 3.14. The number of fused-ring (bicyclic) bond motifs is 1. The Morgan fingerprint density at radius 3 is 2.53 bits per heavy atom. The number of nitrogens with zero attached hydrogens (tertiary/aromatic N) is 4. The topological polar surface area (TPSA) is 186 Å². The molecule has 0 aliphatic heterocycles. The first-order valence-corrected chi connectivity index (χ1v) is 11.2. The molecular weight excluding hydrogens is 438 g/mol. The molecule has 12 nitrogen and oxygen atoms in total. The summed E-state index contributed by atoms with van der Waals surface area (Å²) in [5, 5.41) is 18.8. The zero-order chi connectivity index (χ0) is 24.5. The number of carbonyl (C=O) groups is 2. The van der Waals surface area contributed by atoms with Crippen LogP contribution in [0.25, 0.3) is 11.2 Å². The van der Waals surface area contributed by atoms with Crippen molar-refractivity contribution in [2.45, 2.75) is 32.7 Å². The highest BCUT2D eigenvalue weighted by atomic mass is 16.3. The fraction of sp³-hybridized carbons (Fsp3) is 0.409. The highest BCUT2D eigenvalue weighted by Gasteiger charge is 2.17. The minimum absolute atomic E-state index is 0.115. The van der Waals surface area contributed by atoms with Gasteiger partial charge in [-0.2, -0.15) is 15.0 Å². The molecule has 12 heteroatoms. The Kier molecular flexibility index (Phi) is 8.57. The van der Waals surface area contributed by atoms with Crippen molar-refractivity contribution in [1.29, 1.82) is 0 Å². The quantitative estimate of drug-likeness (QED) is 0.206. The minimum atomic E-state index is -0.361. The number of aromatic hydroxyl groups is 1. The number of aromatic nitrogens is 4. The van der Waals surface area contributed by atoms with Crippen LogP contribution in [0.5, 0.6) is 6.01 Å². The Labute approximate surface area is 197 Å². The third-order valence-electron chi connectivity index (χ3n) is 5.08. The van der Waals surface area contributed by atoms with Crippen molar-refractivity contribution in [2.24, 2.45) is 5.73 Å². The third-order valence-corrected chi connectivity index (χ3v) is 5.08. The summed E-state index contributed by atoms with van der Waals surface area (Å²) in [6.45, 7) is 3.91. The first-order valence-electron chi connectivity index (χ1n) is 11.2. The lowest BCUT2D eigenvalue weighted by atomic mass is 10.1. The maximum atomic E-state index is 12.3.